The Morgan fingerprint density at radius 2 is 2.25 bits per heavy atom. The Kier molecular flexibility index (Phi) is 3.46. The molecule has 0 aliphatic carbocycles. The number of rotatable bonds is 4. The maximum absolute atomic E-state index is 4.11. The summed E-state index contributed by atoms with van der Waals surface area (Å²) in [5, 5.41) is 13.3. The van der Waals surface area contributed by atoms with Gasteiger partial charge in [-0.1, -0.05) is 18.3 Å². The molecule has 0 amide bonds. The minimum Gasteiger partial charge on any atom is -0.356 e. The zero-order valence-corrected chi connectivity index (χ0v) is 10.2. The first-order valence-electron chi connectivity index (χ1n) is 5.25. The van der Waals surface area contributed by atoms with E-state index in [0.29, 0.717) is 0 Å². The van der Waals surface area contributed by atoms with Gasteiger partial charge in [0, 0.05) is 18.9 Å². The number of pyridine rings is 1. The normalized spacial score (nSPS) is 10.4. The molecule has 0 aliphatic heterocycles. The fourth-order valence-corrected chi connectivity index (χ4v) is 2.00. The van der Waals surface area contributed by atoms with Crippen LogP contribution in [0, 0.1) is 6.92 Å². The third-order valence-corrected chi connectivity index (χ3v) is 3.37. The fraction of sp³-hybridized carbons (Fsp3) is 0.364. The van der Waals surface area contributed by atoms with Gasteiger partial charge in [-0.25, -0.2) is 0 Å². The minimum absolute atomic E-state index is 0.748. The van der Waals surface area contributed by atoms with Gasteiger partial charge in [-0.15, -0.1) is 10.2 Å². The van der Waals surface area contributed by atoms with Gasteiger partial charge in [0.1, 0.15) is 5.01 Å². The Morgan fingerprint density at radius 3 is 2.94 bits per heavy atom. The van der Waals surface area contributed by atoms with E-state index >= 15 is 0 Å². The average molecular weight is 234 g/mol. The summed E-state index contributed by atoms with van der Waals surface area (Å²) < 4.78 is 0. The molecule has 0 saturated carbocycles. The monoisotopic (exact) mass is 234 g/mol. The summed E-state index contributed by atoms with van der Waals surface area (Å²) in [5.41, 5.74) is 2.43. The maximum atomic E-state index is 4.11. The number of nitrogens with zero attached hydrogens (tertiary/aromatic N) is 3. The van der Waals surface area contributed by atoms with E-state index in [-0.39, 0.29) is 0 Å². The van der Waals surface area contributed by atoms with Gasteiger partial charge in [0.15, 0.2) is 0 Å². The summed E-state index contributed by atoms with van der Waals surface area (Å²) >= 11 is 1.60. The number of aromatic nitrogens is 3. The van der Waals surface area contributed by atoms with Crippen LogP contribution in [0.3, 0.4) is 0 Å². The second kappa shape index (κ2) is 5.03. The van der Waals surface area contributed by atoms with Crippen molar-refractivity contribution in [3.05, 3.63) is 34.6 Å². The molecule has 0 atom stereocenters. The first kappa shape index (κ1) is 11.0. The topological polar surface area (TPSA) is 50.7 Å². The maximum Gasteiger partial charge on any atom is 0.205 e. The predicted molar refractivity (Wildman–Crippen MR) is 65.6 cm³/mol. The highest BCUT2D eigenvalue weighted by atomic mass is 32.1. The van der Waals surface area contributed by atoms with Crippen molar-refractivity contribution < 1.29 is 0 Å². The Morgan fingerprint density at radius 1 is 1.38 bits per heavy atom. The first-order valence-corrected chi connectivity index (χ1v) is 6.07. The highest BCUT2D eigenvalue weighted by Crippen LogP contribution is 2.16. The molecule has 0 fully saturated rings. The van der Waals surface area contributed by atoms with Crippen molar-refractivity contribution in [2.45, 2.75) is 26.8 Å². The molecule has 2 aromatic rings. The summed E-state index contributed by atoms with van der Waals surface area (Å²) in [6.07, 6.45) is 4.62. The van der Waals surface area contributed by atoms with Crippen LogP contribution in [0.2, 0.25) is 0 Å². The molecule has 0 bridgehead atoms. The molecule has 16 heavy (non-hydrogen) atoms. The van der Waals surface area contributed by atoms with E-state index < -0.39 is 0 Å². The number of aryl methyl sites for hydroxylation is 2. The van der Waals surface area contributed by atoms with E-state index in [1.165, 1.54) is 11.1 Å². The second-order valence-electron chi connectivity index (χ2n) is 3.51. The largest absolute Gasteiger partial charge is 0.356 e. The van der Waals surface area contributed by atoms with Crippen LogP contribution in [0.15, 0.2) is 18.5 Å². The standard InChI is InChI=1S/C11H14N4S/c1-3-10-14-15-11(16-10)13-7-9-6-12-5-4-8(9)2/h4-6H,3,7H2,1-2H3,(H,13,15). The van der Waals surface area contributed by atoms with E-state index in [9.17, 15) is 0 Å². The summed E-state index contributed by atoms with van der Waals surface area (Å²) in [5.74, 6) is 0. The van der Waals surface area contributed by atoms with E-state index in [1.807, 2.05) is 12.3 Å². The Bertz CT molecular complexity index is 467. The van der Waals surface area contributed by atoms with Gasteiger partial charge in [-0.2, -0.15) is 0 Å². The second-order valence-corrected chi connectivity index (χ2v) is 4.57. The Hall–Kier alpha value is -1.49. The summed E-state index contributed by atoms with van der Waals surface area (Å²) in [7, 11) is 0. The van der Waals surface area contributed by atoms with Crippen molar-refractivity contribution in [3.8, 4) is 0 Å². The lowest BCUT2D eigenvalue weighted by molar-refractivity contribution is 0.972. The molecule has 2 heterocycles. The lowest BCUT2D eigenvalue weighted by Crippen LogP contribution is -2.01. The quantitative estimate of drug-likeness (QED) is 0.882. The van der Waals surface area contributed by atoms with Crippen LogP contribution in [0.4, 0.5) is 5.13 Å². The summed E-state index contributed by atoms with van der Waals surface area (Å²) in [6, 6.07) is 2.01. The summed E-state index contributed by atoms with van der Waals surface area (Å²) in [6.45, 7) is 4.91. The van der Waals surface area contributed by atoms with E-state index in [1.54, 1.807) is 17.5 Å². The Labute approximate surface area is 98.8 Å². The van der Waals surface area contributed by atoms with Gasteiger partial charge in [-0.3, -0.25) is 4.98 Å². The van der Waals surface area contributed by atoms with Crippen molar-refractivity contribution in [1.29, 1.82) is 0 Å². The molecule has 0 radical (unpaired) electrons. The van der Waals surface area contributed by atoms with Crippen LogP contribution < -0.4 is 5.32 Å². The molecule has 84 valence electrons. The molecule has 2 rings (SSSR count). The lowest BCUT2D eigenvalue weighted by atomic mass is 10.2. The average Bonchev–Trinajstić information content (AvgIpc) is 2.76. The number of hydrogen-bond donors (Lipinski definition) is 1. The summed E-state index contributed by atoms with van der Waals surface area (Å²) in [4.78, 5) is 4.11. The number of nitrogens with one attached hydrogen (secondary N) is 1. The number of hydrogen-bond acceptors (Lipinski definition) is 5. The van der Waals surface area contributed by atoms with Crippen molar-refractivity contribution in [1.82, 2.24) is 15.2 Å². The third kappa shape index (κ3) is 2.55. The van der Waals surface area contributed by atoms with Crippen molar-refractivity contribution in [3.63, 3.8) is 0 Å². The lowest BCUT2D eigenvalue weighted by Gasteiger charge is -2.04. The van der Waals surface area contributed by atoms with E-state index in [2.05, 4.69) is 34.3 Å². The van der Waals surface area contributed by atoms with Crippen LogP contribution in [-0.2, 0) is 13.0 Å². The smallest absolute Gasteiger partial charge is 0.205 e. The zero-order valence-electron chi connectivity index (χ0n) is 9.40. The van der Waals surface area contributed by atoms with Gasteiger partial charge in [0.05, 0.1) is 0 Å². The van der Waals surface area contributed by atoms with Crippen molar-refractivity contribution in [2.75, 3.05) is 5.32 Å². The molecule has 4 nitrogen and oxygen atoms in total. The van der Waals surface area contributed by atoms with Gasteiger partial charge >= 0.3 is 0 Å². The van der Waals surface area contributed by atoms with Gasteiger partial charge in [0.2, 0.25) is 5.13 Å². The molecule has 2 aromatic heterocycles. The predicted octanol–water partition coefficient (Wildman–Crippen LogP) is 2.42. The van der Waals surface area contributed by atoms with Gasteiger partial charge < -0.3 is 5.32 Å². The van der Waals surface area contributed by atoms with Crippen LogP contribution in [0.25, 0.3) is 0 Å². The van der Waals surface area contributed by atoms with Gasteiger partial charge in [-0.05, 0) is 30.5 Å². The van der Waals surface area contributed by atoms with Crippen LogP contribution in [0.1, 0.15) is 23.1 Å². The molecule has 0 spiro atoms. The van der Waals surface area contributed by atoms with Crippen molar-refractivity contribution >= 4 is 16.5 Å². The highest BCUT2D eigenvalue weighted by molar-refractivity contribution is 7.15. The third-order valence-electron chi connectivity index (χ3n) is 2.35. The number of anilines is 1. The van der Waals surface area contributed by atoms with Crippen LogP contribution in [0.5, 0.6) is 0 Å². The molecule has 0 aromatic carbocycles. The van der Waals surface area contributed by atoms with Crippen LogP contribution in [-0.4, -0.2) is 15.2 Å². The molecule has 5 heteroatoms. The zero-order chi connectivity index (χ0) is 11.4. The fourth-order valence-electron chi connectivity index (χ4n) is 1.32. The Balaban J connectivity index is 1.99. The molecular formula is C11H14N4S. The van der Waals surface area contributed by atoms with Gasteiger partial charge in [0.25, 0.3) is 0 Å². The molecule has 0 aliphatic rings. The van der Waals surface area contributed by atoms with E-state index in [4.69, 9.17) is 0 Å². The molecule has 0 unspecified atom stereocenters. The van der Waals surface area contributed by atoms with E-state index in [0.717, 1.165) is 23.1 Å². The highest BCUT2D eigenvalue weighted by Gasteiger charge is 2.02. The van der Waals surface area contributed by atoms with Crippen molar-refractivity contribution in [2.24, 2.45) is 0 Å². The molecular weight excluding hydrogens is 220 g/mol. The molecule has 0 saturated heterocycles. The SMILES string of the molecule is CCc1nnc(NCc2cnccc2C)s1. The molecule has 1 N–H and O–H groups in total. The van der Waals surface area contributed by atoms with Crippen LogP contribution >= 0.6 is 11.3 Å². The first-order chi connectivity index (χ1) is 7.79. The minimum atomic E-state index is 0.748.